The third-order valence-electron chi connectivity index (χ3n) is 4.97. The topological polar surface area (TPSA) is 81.8 Å². The van der Waals surface area contributed by atoms with Crippen LogP contribution in [0.1, 0.15) is 42.8 Å². The molecule has 1 aromatic rings. The molecule has 26 heavy (non-hydrogen) atoms. The lowest BCUT2D eigenvalue weighted by atomic mass is 10.0. The predicted molar refractivity (Wildman–Crippen MR) is 100 cm³/mol. The molecule has 3 heterocycles. The molecule has 0 atom stereocenters. The van der Waals surface area contributed by atoms with Gasteiger partial charge in [-0.2, -0.15) is 0 Å². The lowest BCUT2D eigenvalue weighted by molar-refractivity contribution is -0.130. The van der Waals surface area contributed by atoms with Gasteiger partial charge in [0, 0.05) is 25.7 Å². The standard InChI is InChI=1S/C18H26N4O3S/c1-18(2)16(24)22(17(25)20-18)9-4-8-21-10-6-13(7-11-21)19-15(23)14-5-3-12-26-14/h3,5,12-13H,4,6-11H2,1-2H3,(H,19,23)(H,20,25). The van der Waals surface area contributed by atoms with Crippen molar-refractivity contribution in [2.75, 3.05) is 26.2 Å². The highest BCUT2D eigenvalue weighted by Crippen LogP contribution is 2.18. The smallest absolute Gasteiger partial charge is 0.325 e. The van der Waals surface area contributed by atoms with Crippen LogP contribution in [0.5, 0.6) is 0 Å². The van der Waals surface area contributed by atoms with E-state index in [1.54, 1.807) is 13.8 Å². The first-order chi connectivity index (χ1) is 12.4. The number of urea groups is 1. The largest absolute Gasteiger partial charge is 0.349 e. The Morgan fingerprint density at radius 1 is 1.31 bits per heavy atom. The van der Waals surface area contributed by atoms with Gasteiger partial charge in [0.05, 0.1) is 4.88 Å². The molecule has 2 saturated heterocycles. The fraction of sp³-hybridized carbons (Fsp3) is 0.611. The third-order valence-corrected chi connectivity index (χ3v) is 5.84. The summed E-state index contributed by atoms with van der Waals surface area (Å²) in [6.07, 6.45) is 2.61. The van der Waals surface area contributed by atoms with Crippen LogP contribution in [0.4, 0.5) is 4.79 Å². The first-order valence-corrected chi connectivity index (χ1v) is 9.95. The van der Waals surface area contributed by atoms with E-state index in [1.807, 2.05) is 17.5 Å². The lowest BCUT2D eigenvalue weighted by Gasteiger charge is -2.32. The molecular formula is C18H26N4O3S. The molecule has 2 N–H and O–H groups in total. The van der Waals surface area contributed by atoms with Crippen LogP contribution in [0, 0.1) is 0 Å². The van der Waals surface area contributed by atoms with Gasteiger partial charge < -0.3 is 15.5 Å². The average molecular weight is 378 g/mol. The Morgan fingerprint density at radius 2 is 2.04 bits per heavy atom. The van der Waals surface area contributed by atoms with Crippen molar-refractivity contribution in [1.29, 1.82) is 0 Å². The molecule has 0 spiro atoms. The summed E-state index contributed by atoms with van der Waals surface area (Å²) < 4.78 is 0. The van der Waals surface area contributed by atoms with Crippen LogP contribution in [-0.4, -0.2) is 65.4 Å². The maximum Gasteiger partial charge on any atom is 0.325 e. The van der Waals surface area contributed by atoms with Gasteiger partial charge in [0.1, 0.15) is 5.54 Å². The van der Waals surface area contributed by atoms with Crippen molar-refractivity contribution < 1.29 is 14.4 Å². The number of piperidine rings is 1. The summed E-state index contributed by atoms with van der Waals surface area (Å²) in [4.78, 5) is 40.5. The van der Waals surface area contributed by atoms with Gasteiger partial charge in [-0.3, -0.25) is 14.5 Å². The molecule has 0 bridgehead atoms. The first-order valence-electron chi connectivity index (χ1n) is 9.07. The molecular weight excluding hydrogens is 352 g/mol. The number of nitrogens with one attached hydrogen (secondary N) is 2. The third kappa shape index (κ3) is 4.24. The molecule has 4 amide bonds. The summed E-state index contributed by atoms with van der Waals surface area (Å²) in [6, 6.07) is 3.64. The number of hydrogen-bond donors (Lipinski definition) is 2. The van der Waals surface area contributed by atoms with E-state index in [1.165, 1.54) is 16.2 Å². The Hall–Kier alpha value is -1.93. The molecule has 2 aliphatic rings. The van der Waals surface area contributed by atoms with E-state index in [4.69, 9.17) is 0 Å². The van der Waals surface area contributed by atoms with Gasteiger partial charge >= 0.3 is 6.03 Å². The molecule has 2 aliphatic heterocycles. The summed E-state index contributed by atoms with van der Waals surface area (Å²) in [7, 11) is 0. The number of thiophene rings is 1. The molecule has 0 aromatic carbocycles. The number of carbonyl (C=O) groups is 3. The Morgan fingerprint density at radius 3 is 2.62 bits per heavy atom. The van der Waals surface area contributed by atoms with E-state index >= 15 is 0 Å². The highest BCUT2D eigenvalue weighted by atomic mass is 32.1. The SMILES string of the molecule is CC1(C)NC(=O)N(CCCN2CCC(NC(=O)c3cccs3)CC2)C1=O. The van der Waals surface area contributed by atoms with Crippen molar-refractivity contribution in [3.05, 3.63) is 22.4 Å². The van der Waals surface area contributed by atoms with Crippen molar-refractivity contribution in [3.8, 4) is 0 Å². The Bertz CT molecular complexity index is 666. The quantitative estimate of drug-likeness (QED) is 0.738. The van der Waals surface area contributed by atoms with E-state index in [2.05, 4.69) is 15.5 Å². The lowest BCUT2D eigenvalue weighted by Crippen LogP contribution is -2.45. The zero-order valence-electron chi connectivity index (χ0n) is 15.3. The fourth-order valence-corrected chi connectivity index (χ4v) is 4.07. The average Bonchev–Trinajstić information content (AvgIpc) is 3.19. The minimum absolute atomic E-state index is 0.0135. The number of carbonyl (C=O) groups excluding carboxylic acids is 3. The fourth-order valence-electron chi connectivity index (χ4n) is 3.44. The van der Waals surface area contributed by atoms with Crippen molar-refractivity contribution in [3.63, 3.8) is 0 Å². The summed E-state index contributed by atoms with van der Waals surface area (Å²) in [5, 5.41) is 7.71. The number of likely N-dealkylation sites (tertiary alicyclic amines) is 1. The Balaban J connectivity index is 1.36. The molecule has 0 aliphatic carbocycles. The van der Waals surface area contributed by atoms with Crippen LogP contribution in [-0.2, 0) is 4.79 Å². The molecule has 0 unspecified atom stereocenters. The molecule has 2 fully saturated rings. The molecule has 0 saturated carbocycles. The number of amides is 4. The molecule has 0 radical (unpaired) electrons. The number of hydrogen-bond acceptors (Lipinski definition) is 5. The van der Waals surface area contributed by atoms with Crippen molar-refractivity contribution in [1.82, 2.24) is 20.4 Å². The minimum Gasteiger partial charge on any atom is -0.349 e. The predicted octanol–water partition coefficient (Wildman–Crippen LogP) is 1.66. The molecule has 8 heteroatoms. The Labute approximate surface area is 157 Å². The van der Waals surface area contributed by atoms with Gasteiger partial charge in [-0.1, -0.05) is 6.07 Å². The molecule has 7 nitrogen and oxygen atoms in total. The van der Waals surface area contributed by atoms with Crippen molar-refractivity contribution >= 4 is 29.2 Å². The monoisotopic (exact) mass is 378 g/mol. The second-order valence-electron chi connectivity index (χ2n) is 7.43. The van der Waals surface area contributed by atoms with Crippen molar-refractivity contribution in [2.24, 2.45) is 0 Å². The van der Waals surface area contributed by atoms with Gasteiger partial charge in [0.25, 0.3) is 11.8 Å². The van der Waals surface area contributed by atoms with E-state index in [0.29, 0.717) is 6.54 Å². The second-order valence-corrected chi connectivity index (χ2v) is 8.38. The summed E-state index contributed by atoms with van der Waals surface area (Å²) >= 11 is 1.46. The van der Waals surface area contributed by atoms with Crippen LogP contribution in [0.15, 0.2) is 17.5 Å². The highest BCUT2D eigenvalue weighted by Gasteiger charge is 2.43. The van der Waals surface area contributed by atoms with Gasteiger partial charge in [-0.25, -0.2) is 4.79 Å². The van der Waals surface area contributed by atoms with Crippen LogP contribution in [0.2, 0.25) is 0 Å². The zero-order chi connectivity index (χ0) is 18.7. The number of nitrogens with zero attached hydrogens (tertiary/aromatic N) is 2. The summed E-state index contributed by atoms with van der Waals surface area (Å²) in [5.41, 5.74) is -0.795. The molecule has 3 rings (SSSR count). The zero-order valence-corrected chi connectivity index (χ0v) is 16.1. The molecule has 1 aromatic heterocycles. The minimum atomic E-state index is -0.795. The summed E-state index contributed by atoms with van der Waals surface area (Å²) in [5.74, 6) is -0.142. The van der Waals surface area contributed by atoms with Gasteiger partial charge in [-0.05, 0) is 51.1 Å². The summed E-state index contributed by atoms with van der Waals surface area (Å²) in [6.45, 7) is 6.58. The number of imide groups is 1. The van der Waals surface area contributed by atoms with Crippen LogP contribution >= 0.6 is 11.3 Å². The van der Waals surface area contributed by atoms with E-state index in [-0.39, 0.29) is 23.9 Å². The normalized spacial score (nSPS) is 21.1. The van der Waals surface area contributed by atoms with Crippen LogP contribution in [0.3, 0.4) is 0 Å². The van der Waals surface area contributed by atoms with Gasteiger partial charge in [-0.15, -0.1) is 11.3 Å². The first kappa shape index (κ1) is 18.8. The van der Waals surface area contributed by atoms with Gasteiger partial charge in [0.2, 0.25) is 0 Å². The van der Waals surface area contributed by atoms with E-state index < -0.39 is 5.54 Å². The highest BCUT2D eigenvalue weighted by molar-refractivity contribution is 7.12. The van der Waals surface area contributed by atoms with Crippen LogP contribution in [0.25, 0.3) is 0 Å². The maximum absolute atomic E-state index is 12.2. The number of rotatable bonds is 6. The van der Waals surface area contributed by atoms with Crippen LogP contribution < -0.4 is 10.6 Å². The van der Waals surface area contributed by atoms with E-state index in [0.717, 1.165) is 43.8 Å². The maximum atomic E-state index is 12.2. The Kier molecular flexibility index (Phi) is 5.62. The van der Waals surface area contributed by atoms with Crippen molar-refractivity contribution in [2.45, 2.75) is 44.7 Å². The van der Waals surface area contributed by atoms with Gasteiger partial charge in [0.15, 0.2) is 0 Å². The second kappa shape index (κ2) is 7.75. The molecule has 142 valence electrons. The van der Waals surface area contributed by atoms with E-state index in [9.17, 15) is 14.4 Å².